The summed E-state index contributed by atoms with van der Waals surface area (Å²) in [5, 5.41) is 7.04. The molecule has 0 unspecified atom stereocenters. The fraction of sp³-hybridized carbons (Fsp3) is 0.318. The molecule has 2 N–H and O–H groups in total. The van der Waals surface area contributed by atoms with Crippen LogP contribution < -0.4 is 10.6 Å². The summed E-state index contributed by atoms with van der Waals surface area (Å²) < 4.78 is 13.4. The zero-order chi connectivity index (χ0) is 18.5. The molecule has 0 fully saturated rings. The highest BCUT2D eigenvalue weighted by molar-refractivity contribution is 6.01. The highest BCUT2D eigenvalue weighted by Crippen LogP contribution is 2.45. The van der Waals surface area contributed by atoms with Crippen molar-refractivity contribution in [2.75, 3.05) is 10.6 Å². The summed E-state index contributed by atoms with van der Waals surface area (Å²) >= 11 is 0. The van der Waals surface area contributed by atoms with Crippen LogP contribution in [0.2, 0.25) is 0 Å². The van der Waals surface area contributed by atoms with Crippen molar-refractivity contribution < 1.29 is 9.18 Å². The van der Waals surface area contributed by atoms with Gasteiger partial charge in [0, 0.05) is 17.7 Å². The van der Waals surface area contributed by atoms with Crippen molar-refractivity contribution in [3.63, 3.8) is 0 Å². The molecule has 26 heavy (non-hydrogen) atoms. The van der Waals surface area contributed by atoms with Gasteiger partial charge in [0.15, 0.2) is 5.78 Å². The Labute approximate surface area is 153 Å². The Hall–Kier alpha value is -2.62. The first-order valence-corrected chi connectivity index (χ1v) is 8.98. The van der Waals surface area contributed by atoms with Crippen LogP contribution in [0.1, 0.15) is 43.9 Å². The molecule has 0 bridgehead atoms. The number of nitrogens with one attached hydrogen (secondary N) is 2. The van der Waals surface area contributed by atoms with Crippen molar-refractivity contribution >= 4 is 17.2 Å². The second-order valence-corrected chi connectivity index (χ2v) is 8.14. The number of aryl methyl sites for hydroxylation is 1. The van der Waals surface area contributed by atoms with Crippen LogP contribution in [0.15, 0.2) is 53.7 Å². The summed E-state index contributed by atoms with van der Waals surface area (Å²) in [6.07, 6.45) is 1.32. The first-order chi connectivity index (χ1) is 12.3. The minimum Gasteiger partial charge on any atom is -0.372 e. The van der Waals surface area contributed by atoms with Gasteiger partial charge in [0.05, 0.1) is 17.4 Å². The predicted octanol–water partition coefficient (Wildman–Crippen LogP) is 5.36. The van der Waals surface area contributed by atoms with Crippen molar-refractivity contribution in [1.82, 2.24) is 0 Å². The van der Waals surface area contributed by atoms with E-state index in [9.17, 15) is 9.18 Å². The number of carbonyl (C=O) groups is 1. The molecule has 2 aromatic rings. The Morgan fingerprint density at radius 1 is 1.04 bits per heavy atom. The highest BCUT2D eigenvalue weighted by atomic mass is 19.1. The number of rotatable bonds is 1. The monoisotopic (exact) mass is 350 g/mol. The van der Waals surface area contributed by atoms with E-state index in [1.165, 1.54) is 12.1 Å². The van der Waals surface area contributed by atoms with E-state index in [1.54, 1.807) is 12.1 Å². The SMILES string of the molecule is Cc1ccc2c(c1)N[C@H](c1ccc(F)cc1)C1=C(CC(C)(C)CC1=O)N2. The fourth-order valence-electron chi connectivity index (χ4n) is 3.96. The van der Waals surface area contributed by atoms with Crippen LogP contribution in [0.25, 0.3) is 0 Å². The lowest BCUT2D eigenvalue weighted by atomic mass is 9.73. The molecule has 134 valence electrons. The maximum Gasteiger partial charge on any atom is 0.163 e. The van der Waals surface area contributed by atoms with Crippen LogP contribution in [0.4, 0.5) is 15.8 Å². The number of ketones is 1. The summed E-state index contributed by atoms with van der Waals surface area (Å²) in [6, 6.07) is 12.3. The molecular formula is C22H23FN2O. The zero-order valence-electron chi connectivity index (χ0n) is 15.3. The van der Waals surface area contributed by atoms with E-state index >= 15 is 0 Å². The van der Waals surface area contributed by atoms with E-state index in [2.05, 4.69) is 36.6 Å². The number of anilines is 2. The first-order valence-electron chi connectivity index (χ1n) is 8.98. The molecule has 1 aliphatic heterocycles. The topological polar surface area (TPSA) is 41.1 Å². The number of halogens is 1. The van der Waals surface area contributed by atoms with Gasteiger partial charge in [-0.05, 0) is 54.2 Å². The predicted molar refractivity (Wildman–Crippen MR) is 103 cm³/mol. The van der Waals surface area contributed by atoms with Crippen LogP contribution in [0.5, 0.6) is 0 Å². The molecule has 0 saturated heterocycles. The van der Waals surface area contributed by atoms with E-state index in [-0.39, 0.29) is 23.1 Å². The second-order valence-electron chi connectivity index (χ2n) is 8.14. The van der Waals surface area contributed by atoms with Crippen molar-refractivity contribution in [3.05, 3.63) is 70.7 Å². The average molecular weight is 350 g/mol. The van der Waals surface area contributed by atoms with Gasteiger partial charge in [-0.3, -0.25) is 4.79 Å². The van der Waals surface area contributed by atoms with E-state index < -0.39 is 0 Å². The maximum atomic E-state index is 13.4. The van der Waals surface area contributed by atoms with Gasteiger partial charge in [-0.1, -0.05) is 32.0 Å². The molecule has 2 aromatic carbocycles. The summed E-state index contributed by atoms with van der Waals surface area (Å²) in [6.45, 7) is 6.29. The van der Waals surface area contributed by atoms with Gasteiger partial charge in [-0.25, -0.2) is 4.39 Å². The van der Waals surface area contributed by atoms with Crippen molar-refractivity contribution in [2.24, 2.45) is 5.41 Å². The Balaban J connectivity index is 1.88. The molecule has 4 rings (SSSR count). The molecule has 3 nitrogen and oxygen atoms in total. The molecule has 2 aliphatic rings. The molecule has 1 aliphatic carbocycles. The number of carbonyl (C=O) groups excluding carboxylic acids is 1. The van der Waals surface area contributed by atoms with Crippen LogP contribution in [-0.4, -0.2) is 5.78 Å². The van der Waals surface area contributed by atoms with E-state index in [0.29, 0.717) is 6.42 Å². The first kappa shape index (κ1) is 16.8. The second kappa shape index (κ2) is 5.97. The number of benzene rings is 2. The minimum absolute atomic E-state index is 0.0779. The zero-order valence-corrected chi connectivity index (χ0v) is 15.3. The summed E-state index contributed by atoms with van der Waals surface area (Å²) in [5.41, 5.74) is 5.62. The van der Waals surface area contributed by atoms with Gasteiger partial charge in [0.25, 0.3) is 0 Å². The quantitative estimate of drug-likeness (QED) is 0.728. The Morgan fingerprint density at radius 2 is 1.77 bits per heavy atom. The smallest absolute Gasteiger partial charge is 0.163 e. The third-order valence-electron chi connectivity index (χ3n) is 5.17. The molecule has 0 radical (unpaired) electrons. The molecule has 0 aromatic heterocycles. The van der Waals surface area contributed by atoms with Gasteiger partial charge in [0.2, 0.25) is 0 Å². The summed E-state index contributed by atoms with van der Waals surface area (Å²) in [7, 11) is 0. The molecule has 0 spiro atoms. The molecule has 1 heterocycles. The van der Waals surface area contributed by atoms with Gasteiger partial charge >= 0.3 is 0 Å². The Kier molecular flexibility index (Phi) is 3.87. The third-order valence-corrected chi connectivity index (χ3v) is 5.17. The van der Waals surface area contributed by atoms with E-state index in [4.69, 9.17) is 0 Å². The lowest BCUT2D eigenvalue weighted by molar-refractivity contribution is -0.118. The summed E-state index contributed by atoms with van der Waals surface area (Å²) in [4.78, 5) is 13.1. The molecule has 4 heteroatoms. The minimum atomic E-state index is -0.287. The number of hydrogen-bond acceptors (Lipinski definition) is 3. The van der Waals surface area contributed by atoms with E-state index in [0.717, 1.165) is 40.2 Å². The third kappa shape index (κ3) is 3.00. The number of Topliss-reactive ketones (excluding diaryl/α,β-unsaturated/α-hetero) is 1. The van der Waals surface area contributed by atoms with Crippen molar-refractivity contribution in [1.29, 1.82) is 0 Å². The lowest BCUT2D eigenvalue weighted by Gasteiger charge is -2.34. The molecule has 1 atom stereocenters. The Bertz CT molecular complexity index is 912. The fourth-order valence-corrected chi connectivity index (χ4v) is 3.96. The average Bonchev–Trinajstić information content (AvgIpc) is 2.70. The molecule has 0 amide bonds. The van der Waals surface area contributed by atoms with Crippen molar-refractivity contribution in [3.8, 4) is 0 Å². The summed E-state index contributed by atoms with van der Waals surface area (Å²) in [5.74, 6) is -0.128. The normalized spacial score (nSPS) is 21.2. The van der Waals surface area contributed by atoms with Crippen LogP contribution in [-0.2, 0) is 4.79 Å². The maximum absolute atomic E-state index is 13.4. The van der Waals surface area contributed by atoms with Crippen molar-refractivity contribution in [2.45, 2.75) is 39.7 Å². The van der Waals surface area contributed by atoms with Gasteiger partial charge in [-0.2, -0.15) is 0 Å². The van der Waals surface area contributed by atoms with Gasteiger partial charge in [-0.15, -0.1) is 0 Å². The van der Waals surface area contributed by atoms with Crippen LogP contribution in [0.3, 0.4) is 0 Å². The van der Waals surface area contributed by atoms with Gasteiger partial charge < -0.3 is 10.6 Å². The van der Waals surface area contributed by atoms with Crippen LogP contribution in [0, 0.1) is 18.2 Å². The Morgan fingerprint density at radius 3 is 2.50 bits per heavy atom. The molecular weight excluding hydrogens is 327 g/mol. The number of fused-ring (bicyclic) bond motifs is 1. The van der Waals surface area contributed by atoms with Crippen LogP contribution >= 0.6 is 0 Å². The lowest BCUT2D eigenvalue weighted by Crippen LogP contribution is -2.31. The van der Waals surface area contributed by atoms with Gasteiger partial charge in [0.1, 0.15) is 5.82 Å². The van der Waals surface area contributed by atoms with E-state index in [1.807, 2.05) is 13.0 Å². The number of allylic oxidation sites excluding steroid dienone is 1. The largest absolute Gasteiger partial charge is 0.372 e. The molecule has 0 saturated carbocycles. The number of hydrogen-bond donors (Lipinski definition) is 2. The highest BCUT2D eigenvalue weighted by Gasteiger charge is 2.38. The standard InChI is InChI=1S/C22H23FN2O/c1-13-4-9-16-17(10-13)25-21(14-5-7-15(23)8-6-14)20-18(24-16)11-22(2,3)12-19(20)26/h4-10,21,24-25H,11-12H2,1-3H3/t21-/m1/s1.